The average molecular weight is 236 g/mol. The highest BCUT2D eigenvalue weighted by molar-refractivity contribution is 6.30. The topological polar surface area (TPSA) is 40.7 Å². The Morgan fingerprint density at radius 2 is 1.94 bits per heavy atom. The van der Waals surface area contributed by atoms with Crippen molar-refractivity contribution in [3.8, 4) is 0 Å². The van der Waals surface area contributed by atoms with Crippen LogP contribution in [-0.2, 0) is 6.54 Å². The number of aromatic amines is 1. The minimum atomic E-state index is 0.751. The number of benzene rings is 1. The number of hydrogen-bond donors (Lipinski definition) is 2. The van der Waals surface area contributed by atoms with Crippen LogP contribution in [0.3, 0.4) is 0 Å². The van der Waals surface area contributed by atoms with Gasteiger partial charge in [0, 0.05) is 28.5 Å². The minimum Gasteiger partial charge on any atom is -0.381 e. The zero-order valence-corrected chi connectivity index (χ0v) is 10.1. The van der Waals surface area contributed by atoms with Crippen molar-refractivity contribution >= 4 is 17.3 Å². The Kier molecular flexibility index (Phi) is 3.15. The number of aryl methyl sites for hydroxylation is 2. The zero-order valence-electron chi connectivity index (χ0n) is 9.34. The number of anilines is 1. The molecule has 0 saturated heterocycles. The van der Waals surface area contributed by atoms with Crippen molar-refractivity contribution in [2.24, 2.45) is 0 Å². The molecule has 0 fully saturated rings. The summed E-state index contributed by atoms with van der Waals surface area (Å²) in [5.74, 6) is 0. The molecule has 0 aliphatic heterocycles. The molecule has 16 heavy (non-hydrogen) atoms. The SMILES string of the molecule is Cc1n[nH]c(C)c1CNc1ccc(Cl)cc1. The first-order valence-electron chi connectivity index (χ1n) is 5.16. The van der Waals surface area contributed by atoms with Crippen LogP contribution in [0.2, 0.25) is 5.02 Å². The average Bonchev–Trinajstić information content (AvgIpc) is 2.59. The van der Waals surface area contributed by atoms with E-state index in [9.17, 15) is 0 Å². The maximum absolute atomic E-state index is 5.82. The molecule has 1 aromatic heterocycles. The number of hydrogen-bond acceptors (Lipinski definition) is 2. The van der Waals surface area contributed by atoms with Crippen molar-refractivity contribution in [3.05, 3.63) is 46.2 Å². The summed E-state index contributed by atoms with van der Waals surface area (Å²) in [5.41, 5.74) is 4.43. The Balaban J connectivity index is 2.05. The standard InChI is InChI=1S/C12H14ClN3/c1-8-12(9(2)16-15-8)7-14-11-5-3-10(13)4-6-11/h3-6,14H,7H2,1-2H3,(H,15,16). The van der Waals surface area contributed by atoms with Crippen LogP contribution in [0, 0.1) is 13.8 Å². The fourth-order valence-corrected chi connectivity index (χ4v) is 1.72. The van der Waals surface area contributed by atoms with Crippen LogP contribution in [0.5, 0.6) is 0 Å². The van der Waals surface area contributed by atoms with E-state index in [4.69, 9.17) is 11.6 Å². The molecular formula is C12H14ClN3. The molecule has 0 aliphatic carbocycles. The molecule has 0 saturated carbocycles. The highest BCUT2D eigenvalue weighted by atomic mass is 35.5. The summed E-state index contributed by atoms with van der Waals surface area (Å²) >= 11 is 5.82. The molecule has 0 aliphatic rings. The molecule has 0 bridgehead atoms. The quantitative estimate of drug-likeness (QED) is 0.857. The number of aromatic nitrogens is 2. The third-order valence-electron chi connectivity index (χ3n) is 2.59. The van der Waals surface area contributed by atoms with Gasteiger partial charge < -0.3 is 5.32 Å². The number of nitrogens with zero attached hydrogens (tertiary/aromatic N) is 1. The first-order chi connectivity index (χ1) is 7.66. The number of rotatable bonds is 3. The summed E-state index contributed by atoms with van der Waals surface area (Å²) in [6, 6.07) is 7.68. The van der Waals surface area contributed by atoms with Gasteiger partial charge in [-0.3, -0.25) is 5.10 Å². The molecule has 4 heteroatoms. The van der Waals surface area contributed by atoms with Crippen molar-refractivity contribution in [3.63, 3.8) is 0 Å². The molecular weight excluding hydrogens is 222 g/mol. The fraction of sp³-hybridized carbons (Fsp3) is 0.250. The van der Waals surface area contributed by atoms with Crippen molar-refractivity contribution < 1.29 is 0 Å². The first-order valence-corrected chi connectivity index (χ1v) is 5.54. The highest BCUT2D eigenvalue weighted by Crippen LogP contribution is 2.16. The lowest BCUT2D eigenvalue weighted by Gasteiger charge is -2.06. The van der Waals surface area contributed by atoms with E-state index in [2.05, 4.69) is 15.5 Å². The Morgan fingerprint density at radius 3 is 2.50 bits per heavy atom. The third-order valence-corrected chi connectivity index (χ3v) is 2.85. The summed E-state index contributed by atoms with van der Waals surface area (Å²) in [6.07, 6.45) is 0. The van der Waals surface area contributed by atoms with Crippen LogP contribution >= 0.6 is 11.6 Å². The van der Waals surface area contributed by atoms with Gasteiger partial charge in [-0.2, -0.15) is 5.10 Å². The highest BCUT2D eigenvalue weighted by Gasteiger charge is 2.05. The lowest BCUT2D eigenvalue weighted by Crippen LogP contribution is -2.01. The Morgan fingerprint density at radius 1 is 1.25 bits per heavy atom. The zero-order chi connectivity index (χ0) is 11.5. The van der Waals surface area contributed by atoms with Gasteiger partial charge in [0.1, 0.15) is 0 Å². The molecule has 84 valence electrons. The molecule has 2 rings (SSSR count). The van der Waals surface area contributed by atoms with Gasteiger partial charge in [0.05, 0.1) is 5.69 Å². The van der Waals surface area contributed by atoms with Gasteiger partial charge in [-0.05, 0) is 38.1 Å². The molecule has 3 nitrogen and oxygen atoms in total. The van der Waals surface area contributed by atoms with Crippen molar-refractivity contribution in [1.29, 1.82) is 0 Å². The van der Waals surface area contributed by atoms with E-state index in [0.29, 0.717) is 0 Å². The maximum atomic E-state index is 5.82. The predicted octanol–water partition coefficient (Wildman–Crippen LogP) is 3.29. The van der Waals surface area contributed by atoms with E-state index in [-0.39, 0.29) is 0 Å². The van der Waals surface area contributed by atoms with Gasteiger partial charge in [0.25, 0.3) is 0 Å². The summed E-state index contributed by atoms with van der Waals surface area (Å²) in [6.45, 7) is 4.80. The van der Waals surface area contributed by atoms with E-state index in [1.165, 1.54) is 5.56 Å². The molecule has 0 spiro atoms. The van der Waals surface area contributed by atoms with Crippen molar-refractivity contribution in [1.82, 2.24) is 10.2 Å². The second kappa shape index (κ2) is 4.58. The molecule has 1 heterocycles. The van der Waals surface area contributed by atoms with E-state index in [1.54, 1.807) is 0 Å². The Labute approximate surface area is 99.8 Å². The molecule has 2 N–H and O–H groups in total. The summed E-state index contributed by atoms with van der Waals surface area (Å²) in [7, 11) is 0. The fourth-order valence-electron chi connectivity index (χ4n) is 1.59. The number of H-pyrrole nitrogens is 1. The predicted molar refractivity (Wildman–Crippen MR) is 66.8 cm³/mol. The lowest BCUT2D eigenvalue weighted by molar-refractivity contribution is 1.02. The van der Waals surface area contributed by atoms with Crippen molar-refractivity contribution in [2.45, 2.75) is 20.4 Å². The van der Waals surface area contributed by atoms with Gasteiger partial charge in [-0.15, -0.1) is 0 Å². The van der Waals surface area contributed by atoms with Gasteiger partial charge in [-0.1, -0.05) is 11.6 Å². The van der Waals surface area contributed by atoms with Gasteiger partial charge in [-0.25, -0.2) is 0 Å². The molecule has 0 atom stereocenters. The molecule has 0 radical (unpaired) electrons. The van der Waals surface area contributed by atoms with E-state index in [1.807, 2.05) is 38.1 Å². The second-order valence-corrected chi connectivity index (χ2v) is 4.21. The van der Waals surface area contributed by atoms with Gasteiger partial charge in [0.15, 0.2) is 0 Å². The second-order valence-electron chi connectivity index (χ2n) is 3.77. The molecule has 1 aromatic carbocycles. The van der Waals surface area contributed by atoms with Crippen LogP contribution in [0.1, 0.15) is 17.0 Å². The van der Waals surface area contributed by atoms with Gasteiger partial charge in [0.2, 0.25) is 0 Å². The molecule has 2 aromatic rings. The molecule has 0 unspecified atom stereocenters. The lowest BCUT2D eigenvalue weighted by atomic mass is 10.2. The smallest absolute Gasteiger partial charge is 0.0643 e. The van der Waals surface area contributed by atoms with Crippen LogP contribution in [0.25, 0.3) is 0 Å². The maximum Gasteiger partial charge on any atom is 0.0643 e. The number of halogens is 1. The van der Waals surface area contributed by atoms with E-state index < -0.39 is 0 Å². The Hall–Kier alpha value is -1.48. The normalized spacial score (nSPS) is 10.4. The van der Waals surface area contributed by atoms with Crippen LogP contribution in [-0.4, -0.2) is 10.2 Å². The number of nitrogens with one attached hydrogen (secondary N) is 2. The summed E-state index contributed by atoms with van der Waals surface area (Å²) in [5, 5.41) is 11.2. The Bertz CT molecular complexity index is 454. The van der Waals surface area contributed by atoms with Crippen LogP contribution < -0.4 is 5.32 Å². The van der Waals surface area contributed by atoms with Crippen LogP contribution in [0.15, 0.2) is 24.3 Å². The summed E-state index contributed by atoms with van der Waals surface area (Å²) < 4.78 is 0. The largest absolute Gasteiger partial charge is 0.381 e. The van der Waals surface area contributed by atoms with E-state index >= 15 is 0 Å². The van der Waals surface area contributed by atoms with Crippen molar-refractivity contribution in [2.75, 3.05) is 5.32 Å². The first kappa shape index (κ1) is 11.0. The minimum absolute atomic E-state index is 0.751. The third kappa shape index (κ3) is 2.36. The summed E-state index contributed by atoms with van der Waals surface area (Å²) in [4.78, 5) is 0. The monoisotopic (exact) mass is 235 g/mol. The molecule has 0 amide bonds. The van der Waals surface area contributed by atoms with E-state index in [0.717, 1.165) is 28.6 Å². The van der Waals surface area contributed by atoms with Gasteiger partial charge >= 0.3 is 0 Å². The van der Waals surface area contributed by atoms with Crippen LogP contribution in [0.4, 0.5) is 5.69 Å².